The molecule has 0 radical (unpaired) electrons. The highest BCUT2D eigenvalue weighted by Gasteiger charge is 2.19. The minimum atomic E-state index is -0.775. The zero-order valence-electron chi connectivity index (χ0n) is 46.8. The maximum absolute atomic E-state index is 12.8. The van der Waals surface area contributed by atoms with Crippen LogP contribution in [0.4, 0.5) is 0 Å². The zero-order valence-corrected chi connectivity index (χ0v) is 46.8. The van der Waals surface area contributed by atoms with Crippen LogP contribution in [0.5, 0.6) is 0 Å². The smallest absolute Gasteiger partial charge is 0.306 e. The van der Waals surface area contributed by atoms with Crippen molar-refractivity contribution in [3.63, 3.8) is 0 Å². The molecule has 0 aromatic carbocycles. The second-order valence-electron chi connectivity index (χ2n) is 20.6. The van der Waals surface area contributed by atoms with E-state index in [-0.39, 0.29) is 31.1 Å². The summed E-state index contributed by atoms with van der Waals surface area (Å²) in [7, 11) is 0. The molecule has 0 fully saturated rings. The summed E-state index contributed by atoms with van der Waals surface area (Å²) >= 11 is 0. The molecule has 408 valence electrons. The molecule has 0 saturated carbocycles. The Morgan fingerprint density at radius 2 is 0.514 bits per heavy atom. The topological polar surface area (TPSA) is 78.9 Å². The predicted octanol–water partition coefficient (Wildman–Crippen LogP) is 20.6. The van der Waals surface area contributed by atoms with Crippen molar-refractivity contribution in [3.8, 4) is 0 Å². The van der Waals surface area contributed by atoms with Gasteiger partial charge in [-0.05, 0) is 83.5 Å². The second-order valence-corrected chi connectivity index (χ2v) is 20.6. The van der Waals surface area contributed by atoms with Crippen molar-refractivity contribution >= 4 is 17.9 Å². The summed E-state index contributed by atoms with van der Waals surface area (Å²) in [6, 6.07) is 0. The van der Waals surface area contributed by atoms with E-state index in [9.17, 15) is 14.4 Å². The van der Waals surface area contributed by atoms with E-state index in [0.29, 0.717) is 19.3 Å². The zero-order chi connectivity index (χ0) is 50.7. The number of unbranched alkanes of at least 4 members (excludes halogenated alkanes) is 37. The molecule has 0 heterocycles. The largest absolute Gasteiger partial charge is 0.462 e. The number of hydrogen-bond acceptors (Lipinski definition) is 6. The molecule has 0 aliphatic carbocycles. The van der Waals surface area contributed by atoms with Crippen LogP contribution in [0.2, 0.25) is 0 Å². The van der Waals surface area contributed by atoms with Gasteiger partial charge in [0.2, 0.25) is 0 Å². The molecule has 0 amide bonds. The van der Waals surface area contributed by atoms with E-state index >= 15 is 0 Å². The second kappa shape index (κ2) is 58.9. The fraction of sp³-hybridized carbons (Fsp3) is 0.828. The van der Waals surface area contributed by atoms with Crippen molar-refractivity contribution in [1.82, 2.24) is 0 Å². The molecule has 0 spiro atoms. The standard InChI is InChI=1S/C64H116O6/c1-4-7-10-13-16-19-22-24-26-27-28-29-30-31-32-33-34-35-36-37-38-40-42-45-48-51-54-57-63(66)69-60-61(59-68-62(65)56-53-50-47-44-41-21-18-15-12-9-6-3)70-64(67)58-55-52-49-46-43-39-25-23-20-17-14-11-8-5-2/h22-25,27-28,30-31,61H,4-21,26,29,32-60H2,1-3H3/b24-22-,25-23-,28-27-,31-30-. The van der Waals surface area contributed by atoms with Crippen LogP contribution < -0.4 is 0 Å². The number of rotatable bonds is 56. The van der Waals surface area contributed by atoms with Crippen LogP contribution >= 0.6 is 0 Å². The Hall–Kier alpha value is -2.63. The third-order valence-electron chi connectivity index (χ3n) is 13.6. The van der Waals surface area contributed by atoms with Gasteiger partial charge < -0.3 is 14.2 Å². The molecule has 0 aliphatic rings. The minimum Gasteiger partial charge on any atom is -0.462 e. The Labute approximate surface area is 435 Å². The maximum atomic E-state index is 12.8. The Morgan fingerprint density at radius 1 is 0.286 bits per heavy atom. The van der Waals surface area contributed by atoms with Gasteiger partial charge in [-0.15, -0.1) is 0 Å². The van der Waals surface area contributed by atoms with Gasteiger partial charge in [0, 0.05) is 19.3 Å². The van der Waals surface area contributed by atoms with E-state index in [2.05, 4.69) is 69.4 Å². The van der Waals surface area contributed by atoms with Crippen molar-refractivity contribution in [2.45, 2.75) is 329 Å². The third-order valence-corrected chi connectivity index (χ3v) is 13.6. The Bertz CT molecular complexity index is 1220. The normalized spacial score (nSPS) is 12.3. The summed E-state index contributed by atoms with van der Waals surface area (Å²) in [5.41, 5.74) is 0. The average Bonchev–Trinajstić information content (AvgIpc) is 3.36. The molecule has 6 heteroatoms. The van der Waals surface area contributed by atoms with E-state index in [4.69, 9.17) is 14.2 Å². The van der Waals surface area contributed by atoms with Gasteiger partial charge in [-0.2, -0.15) is 0 Å². The first-order valence-corrected chi connectivity index (χ1v) is 30.6. The first-order chi connectivity index (χ1) is 34.5. The van der Waals surface area contributed by atoms with Gasteiger partial charge in [-0.3, -0.25) is 14.4 Å². The monoisotopic (exact) mass is 981 g/mol. The van der Waals surface area contributed by atoms with Gasteiger partial charge in [-0.25, -0.2) is 0 Å². The molecule has 1 unspecified atom stereocenters. The lowest BCUT2D eigenvalue weighted by atomic mass is 10.0. The number of hydrogen-bond donors (Lipinski definition) is 0. The van der Waals surface area contributed by atoms with Crippen LogP contribution in [0.1, 0.15) is 323 Å². The van der Waals surface area contributed by atoms with E-state index in [1.165, 1.54) is 205 Å². The van der Waals surface area contributed by atoms with Crippen LogP contribution in [-0.4, -0.2) is 37.2 Å². The van der Waals surface area contributed by atoms with E-state index in [0.717, 1.165) is 77.0 Å². The molecule has 0 saturated heterocycles. The summed E-state index contributed by atoms with van der Waals surface area (Å²) in [4.78, 5) is 38.1. The van der Waals surface area contributed by atoms with Crippen LogP contribution in [0.3, 0.4) is 0 Å². The van der Waals surface area contributed by atoms with E-state index in [1.54, 1.807) is 0 Å². The van der Waals surface area contributed by atoms with Gasteiger partial charge in [0.05, 0.1) is 0 Å². The molecule has 0 rings (SSSR count). The third kappa shape index (κ3) is 56.3. The molecule has 0 aromatic heterocycles. The molecule has 6 nitrogen and oxygen atoms in total. The number of carbonyl (C=O) groups excluding carboxylic acids is 3. The number of ether oxygens (including phenoxy) is 3. The highest BCUT2D eigenvalue weighted by atomic mass is 16.6. The van der Waals surface area contributed by atoms with Gasteiger partial charge in [0.25, 0.3) is 0 Å². The molecule has 0 aliphatic heterocycles. The number of allylic oxidation sites excluding steroid dienone is 8. The SMILES string of the molecule is CCCCCCC/C=C\C/C=C\C/C=C\CCCCCCCCCCCCCCC(=O)OCC(COC(=O)CCCCCCCCCCCCC)OC(=O)CCCCCCC/C=C\CCCCCCC. The van der Waals surface area contributed by atoms with Crippen LogP contribution in [-0.2, 0) is 28.6 Å². The number of carbonyl (C=O) groups is 3. The number of esters is 3. The van der Waals surface area contributed by atoms with Gasteiger partial charge in [0.1, 0.15) is 13.2 Å². The van der Waals surface area contributed by atoms with Gasteiger partial charge >= 0.3 is 17.9 Å². The van der Waals surface area contributed by atoms with Crippen molar-refractivity contribution in [2.75, 3.05) is 13.2 Å². The summed E-state index contributed by atoms with van der Waals surface area (Å²) in [5.74, 6) is -0.870. The van der Waals surface area contributed by atoms with Crippen LogP contribution in [0.25, 0.3) is 0 Å². The lowest BCUT2D eigenvalue weighted by Gasteiger charge is -2.18. The maximum Gasteiger partial charge on any atom is 0.306 e. The minimum absolute atomic E-state index is 0.0734. The van der Waals surface area contributed by atoms with E-state index < -0.39 is 6.10 Å². The fourth-order valence-corrected chi connectivity index (χ4v) is 8.92. The molecule has 0 bridgehead atoms. The molecule has 1 atom stereocenters. The molecular formula is C64H116O6. The Morgan fingerprint density at radius 3 is 0.814 bits per heavy atom. The lowest BCUT2D eigenvalue weighted by molar-refractivity contribution is -0.167. The van der Waals surface area contributed by atoms with Gasteiger partial charge in [-0.1, -0.05) is 268 Å². The highest BCUT2D eigenvalue weighted by Crippen LogP contribution is 2.16. The van der Waals surface area contributed by atoms with Crippen molar-refractivity contribution < 1.29 is 28.6 Å². The summed E-state index contributed by atoms with van der Waals surface area (Å²) in [5, 5.41) is 0. The molecule has 70 heavy (non-hydrogen) atoms. The quantitative estimate of drug-likeness (QED) is 0.0261. The van der Waals surface area contributed by atoms with E-state index in [1.807, 2.05) is 0 Å². The Balaban J connectivity index is 4.20. The summed E-state index contributed by atoms with van der Waals surface area (Å²) in [6.45, 7) is 6.64. The first-order valence-electron chi connectivity index (χ1n) is 30.6. The first kappa shape index (κ1) is 67.4. The van der Waals surface area contributed by atoms with Crippen molar-refractivity contribution in [1.29, 1.82) is 0 Å². The summed E-state index contributed by atoms with van der Waals surface area (Å²) < 4.78 is 16.9. The molecular weight excluding hydrogens is 865 g/mol. The van der Waals surface area contributed by atoms with Crippen LogP contribution in [0, 0.1) is 0 Å². The lowest BCUT2D eigenvalue weighted by Crippen LogP contribution is -2.30. The fourth-order valence-electron chi connectivity index (χ4n) is 8.92. The van der Waals surface area contributed by atoms with Crippen LogP contribution in [0.15, 0.2) is 48.6 Å². The predicted molar refractivity (Wildman–Crippen MR) is 302 cm³/mol. The van der Waals surface area contributed by atoms with Gasteiger partial charge in [0.15, 0.2) is 6.10 Å². The summed E-state index contributed by atoms with van der Waals surface area (Å²) in [6.07, 6.45) is 72.6. The molecule has 0 N–H and O–H groups in total. The highest BCUT2D eigenvalue weighted by molar-refractivity contribution is 5.71. The molecule has 0 aromatic rings. The van der Waals surface area contributed by atoms with Crippen molar-refractivity contribution in [3.05, 3.63) is 48.6 Å². The average molecular weight is 982 g/mol. The van der Waals surface area contributed by atoms with Crippen molar-refractivity contribution in [2.24, 2.45) is 0 Å². The Kier molecular flexibility index (Phi) is 56.7.